The maximum atomic E-state index is 5.57. The van der Waals surface area contributed by atoms with Crippen LogP contribution < -0.4 is 4.74 Å². The van der Waals surface area contributed by atoms with Gasteiger partial charge in [-0.15, -0.1) is 11.6 Å². The fraction of sp³-hybridized carbons (Fsp3) is 0.429. The molecule has 0 radical (unpaired) electrons. The van der Waals surface area contributed by atoms with Crippen LogP contribution in [0.3, 0.4) is 0 Å². The molecule has 0 saturated carbocycles. The van der Waals surface area contributed by atoms with Crippen molar-refractivity contribution in [3.8, 4) is 17.6 Å². The first-order valence-corrected chi connectivity index (χ1v) is 6.09. The zero-order valence-electron chi connectivity index (χ0n) is 9.85. The molecule has 0 aliphatic heterocycles. The molecule has 0 bridgehead atoms. The molecule has 0 N–H and O–H groups in total. The molecule has 1 rings (SSSR count). The Bertz CT molecular complexity index is 387. The van der Waals surface area contributed by atoms with Crippen LogP contribution in [0.1, 0.15) is 30.9 Å². The van der Waals surface area contributed by atoms with E-state index in [0.717, 1.165) is 36.3 Å². The smallest absolute Gasteiger partial charge is 0.119 e. The molecule has 16 heavy (non-hydrogen) atoms. The molecule has 0 atom stereocenters. The van der Waals surface area contributed by atoms with Gasteiger partial charge in [-0.25, -0.2) is 0 Å². The van der Waals surface area contributed by atoms with E-state index in [-0.39, 0.29) is 0 Å². The minimum Gasteiger partial charge on any atom is -0.494 e. The standard InChI is InChI=1S/C14H17ClO/c1-3-10-16-14-8-7-13(12(2)11-14)6-4-5-9-15/h7-8,11H,3,5,9-10H2,1-2H3. The molecule has 0 fully saturated rings. The molecule has 0 unspecified atom stereocenters. The highest BCUT2D eigenvalue weighted by Gasteiger charge is 1.98. The van der Waals surface area contributed by atoms with Gasteiger partial charge in [-0.3, -0.25) is 0 Å². The first-order chi connectivity index (χ1) is 7.77. The van der Waals surface area contributed by atoms with Crippen LogP contribution in [0.5, 0.6) is 5.75 Å². The van der Waals surface area contributed by atoms with Gasteiger partial charge in [0.2, 0.25) is 0 Å². The first-order valence-electron chi connectivity index (χ1n) is 5.56. The summed E-state index contributed by atoms with van der Waals surface area (Å²) in [6, 6.07) is 6.00. The molecule has 0 aliphatic rings. The quantitative estimate of drug-likeness (QED) is 0.571. The van der Waals surface area contributed by atoms with E-state index in [9.17, 15) is 0 Å². The lowest BCUT2D eigenvalue weighted by atomic mass is 10.1. The molecular formula is C14H17ClO. The molecule has 86 valence electrons. The highest BCUT2D eigenvalue weighted by atomic mass is 35.5. The first kappa shape index (κ1) is 12.9. The number of rotatable bonds is 4. The zero-order valence-corrected chi connectivity index (χ0v) is 10.6. The van der Waals surface area contributed by atoms with E-state index in [1.807, 2.05) is 25.1 Å². The van der Waals surface area contributed by atoms with Crippen LogP contribution in [0.4, 0.5) is 0 Å². The average molecular weight is 237 g/mol. The monoisotopic (exact) mass is 236 g/mol. The molecule has 0 saturated heterocycles. The second-order valence-corrected chi connectivity index (χ2v) is 3.94. The molecule has 1 aromatic carbocycles. The van der Waals surface area contributed by atoms with Gasteiger partial charge in [0.1, 0.15) is 5.75 Å². The van der Waals surface area contributed by atoms with Gasteiger partial charge < -0.3 is 4.74 Å². The van der Waals surface area contributed by atoms with Gasteiger partial charge in [0.15, 0.2) is 0 Å². The normalized spacial score (nSPS) is 9.44. The molecule has 0 spiro atoms. The Morgan fingerprint density at radius 2 is 2.19 bits per heavy atom. The lowest BCUT2D eigenvalue weighted by Crippen LogP contribution is -1.95. The van der Waals surface area contributed by atoms with E-state index < -0.39 is 0 Å². The van der Waals surface area contributed by atoms with Crippen molar-refractivity contribution in [3.05, 3.63) is 29.3 Å². The molecular weight excluding hydrogens is 220 g/mol. The highest BCUT2D eigenvalue weighted by Crippen LogP contribution is 2.16. The van der Waals surface area contributed by atoms with E-state index in [1.54, 1.807) is 0 Å². The Hall–Kier alpha value is -1.13. The fourth-order valence-corrected chi connectivity index (χ4v) is 1.39. The Balaban J connectivity index is 2.72. The van der Waals surface area contributed by atoms with E-state index in [1.165, 1.54) is 0 Å². The van der Waals surface area contributed by atoms with Crippen LogP contribution >= 0.6 is 11.6 Å². The fourth-order valence-electron chi connectivity index (χ4n) is 1.29. The average Bonchev–Trinajstić information content (AvgIpc) is 2.29. The minimum absolute atomic E-state index is 0.587. The van der Waals surface area contributed by atoms with Crippen molar-refractivity contribution in [2.24, 2.45) is 0 Å². The Morgan fingerprint density at radius 3 is 2.81 bits per heavy atom. The van der Waals surface area contributed by atoms with Gasteiger partial charge in [-0.2, -0.15) is 0 Å². The van der Waals surface area contributed by atoms with Crippen LogP contribution in [0.15, 0.2) is 18.2 Å². The van der Waals surface area contributed by atoms with Crippen LogP contribution in [-0.2, 0) is 0 Å². The third-order valence-electron chi connectivity index (χ3n) is 2.11. The third kappa shape index (κ3) is 4.16. The van der Waals surface area contributed by atoms with Gasteiger partial charge in [0.25, 0.3) is 0 Å². The molecule has 1 aromatic rings. The van der Waals surface area contributed by atoms with Crippen molar-refractivity contribution < 1.29 is 4.74 Å². The van der Waals surface area contributed by atoms with Crippen molar-refractivity contribution in [3.63, 3.8) is 0 Å². The third-order valence-corrected chi connectivity index (χ3v) is 2.30. The molecule has 0 amide bonds. The lowest BCUT2D eigenvalue weighted by Gasteiger charge is -2.06. The number of hydrogen-bond acceptors (Lipinski definition) is 1. The summed E-state index contributed by atoms with van der Waals surface area (Å²) in [5.41, 5.74) is 2.20. The zero-order chi connectivity index (χ0) is 11.8. The molecule has 0 aliphatic carbocycles. The van der Waals surface area contributed by atoms with Crippen molar-refractivity contribution in [2.75, 3.05) is 12.5 Å². The predicted molar refractivity (Wildman–Crippen MR) is 69.2 cm³/mol. The van der Waals surface area contributed by atoms with Crippen molar-refractivity contribution in [2.45, 2.75) is 26.7 Å². The molecule has 2 heteroatoms. The number of alkyl halides is 1. The second-order valence-electron chi connectivity index (χ2n) is 3.57. The van der Waals surface area contributed by atoms with E-state index >= 15 is 0 Å². The second kappa shape index (κ2) is 7.19. The molecule has 0 heterocycles. The van der Waals surface area contributed by atoms with Crippen LogP contribution in [-0.4, -0.2) is 12.5 Å². The summed E-state index contributed by atoms with van der Waals surface area (Å²) in [7, 11) is 0. The highest BCUT2D eigenvalue weighted by molar-refractivity contribution is 6.18. The van der Waals surface area contributed by atoms with E-state index in [0.29, 0.717) is 5.88 Å². The van der Waals surface area contributed by atoms with Gasteiger partial charge in [-0.05, 0) is 37.1 Å². The number of ether oxygens (including phenoxy) is 1. The van der Waals surface area contributed by atoms with Gasteiger partial charge in [0, 0.05) is 17.9 Å². The van der Waals surface area contributed by atoms with E-state index in [4.69, 9.17) is 16.3 Å². The number of aryl methyl sites for hydroxylation is 1. The number of hydrogen-bond donors (Lipinski definition) is 0. The Labute approximate surface area is 103 Å². The largest absolute Gasteiger partial charge is 0.494 e. The summed E-state index contributed by atoms with van der Waals surface area (Å²) in [6.07, 6.45) is 1.76. The summed E-state index contributed by atoms with van der Waals surface area (Å²) in [4.78, 5) is 0. The van der Waals surface area contributed by atoms with Crippen LogP contribution in [0.25, 0.3) is 0 Å². The lowest BCUT2D eigenvalue weighted by molar-refractivity contribution is 0.317. The summed E-state index contributed by atoms with van der Waals surface area (Å²) < 4.78 is 5.55. The van der Waals surface area contributed by atoms with Crippen LogP contribution in [0, 0.1) is 18.8 Å². The Morgan fingerprint density at radius 1 is 1.38 bits per heavy atom. The summed E-state index contributed by atoms with van der Waals surface area (Å²) in [5, 5.41) is 0. The summed E-state index contributed by atoms with van der Waals surface area (Å²) >= 11 is 5.57. The van der Waals surface area contributed by atoms with Gasteiger partial charge in [-0.1, -0.05) is 18.8 Å². The summed E-state index contributed by atoms with van der Waals surface area (Å²) in [6.45, 7) is 4.90. The minimum atomic E-state index is 0.587. The van der Waals surface area contributed by atoms with Crippen molar-refractivity contribution >= 4 is 11.6 Å². The SMILES string of the molecule is CCCOc1ccc(C#CCCCl)c(C)c1. The topological polar surface area (TPSA) is 9.23 Å². The van der Waals surface area contributed by atoms with Gasteiger partial charge in [0.05, 0.1) is 6.61 Å². The number of halogens is 1. The molecule has 1 nitrogen and oxygen atoms in total. The molecule has 0 aromatic heterocycles. The van der Waals surface area contributed by atoms with Crippen LogP contribution in [0.2, 0.25) is 0 Å². The Kier molecular flexibility index (Phi) is 5.82. The number of benzene rings is 1. The van der Waals surface area contributed by atoms with Gasteiger partial charge >= 0.3 is 0 Å². The summed E-state index contributed by atoms with van der Waals surface area (Å²) in [5.74, 6) is 7.65. The predicted octanol–water partition coefficient (Wildman–Crippen LogP) is 3.76. The van der Waals surface area contributed by atoms with Crippen molar-refractivity contribution in [1.29, 1.82) is 0 Å². The maximum absolute atomic E-state index is 5.57. The maximum Gasteiger partial charge on any atom is 0.119 e. The van der Waals surface area contributed by atoms with Crippen molar-refractivity contribution in [1.82, 2.24) is 0 Å². The van der Waals surface area contributed by atoms with E-state index in [2.05, 4.69) is 18.8 Å².